The van der Waals surface area contributed by atoms with Gasteiger partial charge in [0.25, 0.3) is 11.6 Å². The predicted molar refractivity (Wildman–Crippen MR) is 97.9 cm³/mol. The highest BCUT2D eigenvalue weighted by Crippen LogP contribution is 2.35. The van der Waals surface area contributed by atoms with Crippen LogP contribution >= 0.6 is 11.3 Å². The van der Waals surface area contributed by atoms with Crippen LogP contribution in [-0.2, 0) is 4.79 Å². The van der Waals surface area contributed by atoms with Crippen molar-refractivity contribution in [2.24, 2.45) is 0 Å². The van der Waals surface area contributed by atoms with Crippen molar-refractivity contribution >= 4 is 29.0 Å². The number of para-hydroxylation sites is 1. The normalized spacial score (nSPS) is 11.0. The molecule has 2 aromatic rings. The molecule has 0 unspecified atom stereocenters. The molecule has 0 aliphatic carbocycles. The highest BCUT2D eigenvalue weighted by molar-refractivity contribution is 7.16. The summed E-state index contributed by atoms with van der Waals surface area (Å²) >= 11 is 1.30. The van der Waals surface area contributed by atoms with E-state index in [0.717, 1.165) is 12.8 Å². The van der Waals surface area contributed by atoms with E-state index in [4.69, 9.17) is 0 Å². The summed E-state index contributed by atoms with van der Waals surface area (Å²) in [6, 6.07) is 11.9. The average Bonchev–Trinajstić information content (AvgIpc) is 3.08. The van der Waals surface area contributed by atoms with Gasteiger partial charge in [-0.25, -0.2) is 0 Å². The van der Waals surface area contributed by atoms with Gasteiger partial charge in [-0.15, -0.1) is 11.3 Å². The quantitative estimate of drug-likeness (QED) is 0.265. The third-order valence-corrected chi connectivity index (χ3v) is 4.53. The maximum atomic E-state index is 12.0. The van der Waals surface area contributed by atoms with E-state index in [2.05, 4.69) is 5.32 Å². The molecule has 0 radical (unpaired) electrons. The fourth-order valence-corrected chi connectivity index (χ4v) is 3.17. The lowest BCUT2D eigenvalue weighted by Crippen LogP contribution is -2.25. The zero-order valence-electron chi connectivity index (χ0n) is 13.7. The third-order valence-electron chi connectivity index (χ3n) is 3.46. The second-order valence-electron chi connectivity index (χ2n) is 5.26. The summed E-state index contributed by atoms with van der Waals surface area (Å²) in [5.41, 5.74) is 0.563. The summed E-state index contributed by atoms with van der Waals surface area (Å²) in [4.78, 5) is 24.1. The van der Waals surface area contributed by atoms with Crippen LogP contribution in [0.25, 0.3) is 16.5 Å². The Balaban J connectivity index is 2.25. The van der Waals surface area contributed by atoms with Gasteiger partial charge in [0.2, 0.25) is 0 Å². The Labute approximate surface area is 149 Å². The molecule has 0 saturated heterocycles. The average molecular weight is 355 g/mol. The maximum Gasteiger partial charge on any atom is 0.278 e. The number of nitriles is 1. The number of thiophene rings is 1. The molecule has 128 valence electrons. The molecule has 1 N–H and O–H groups in total. The summed E-state index contributed by atoms with van der Waals surface area (Å²) in [6.45, 7) is 2.55. The van der Waals surface area contributed by atoms with Crippen molar-refractivity contribution in [3.8, 4) is 16.5 Å². The Morgan fingerprint density at radius 2 is 2.12 bits per heavy atom. The monoisotopic (exact) mass is 355 g/mol. The van der Waals surface area contributed by atoms with Gasteiger partial charge in [-0.3, -0.25) is 14.9 Å². The Morgan fingerprint density at radius 1 is 1.36 bits per heavy atom. The number of hydrogen-bond acceptors (Lipinski definition) is 5. The molecule has 0 atom stereocenters. The van der Waals surface area contributed by atoms with Crippen LogP contribution < -0.4 is 5.32 Å². The minimum atomic E-state index is -0.424. The molecule has 6 nitrogen and oxygen atoms in total. The van der Waals surface area contributed by atoms with Gasteiger partial charge in [0, 0.05) is 22.4 Å². The number of rotatable bonds is 7. The van der Waals surface area contributed by atoms with E-state index in [1.165, 1.54) is 23.5 Å². The molecule has 7 heteroatoms. The third kappa shape index (κ3) is 4.75. The summed E-state index contributed by atoms with van der Waals surface area (Å²) in [5.74, 6) is -0.406. The number of nitro benzene ring substituents is 1. The summed E-state index contributed by atoms with van der Waals surface area (Å²) < 4.78 is 0. The summed E-state index contributed by atoms with van der Waals surface area (Å²) in [6.07, 6.45) is 3.31. The van der Waals surface area contributed by atoms with Crippen LogP contribution in [0.3, 0.4) is 0 Å². The highest BCUT2D eigenvalue weighted by Gasteiger charge is 2.16. The van der Waals surface area contributed by atoms with Crippen LogP contribution in [0.2, 0.25) is 0 Å². The van der Waals surface area contributed by atoms with Crippen molar-refractivity contribution in [1.29, 1.82) is 5.26 Å². The molecule has 1 amide bonds. The molecule has 2 rings (SSSR count). The number of nitro groups is 1. The first kappa shape index (κ1) is 18.4. The molecule has 1 aromatic carbocycles. The van der Waals surface area contributed by atoms with Crippen molar-refractivity contribution in [3.05, 3.63) is 57.0 Å². The molecular weight excluding hydrogens is 338 g/mol. The van der Waals surface area contributed by atoms with E-state index < -0.39 is 10.8 Å². The smallest absolute Gasteiger partial charge is 0.278 e. The van der Waals surface area contributed by atoms with Gasteiger partial charge in [0.05, 0.1) is 10.5 Å². The summed E-state index contributed by atoms with van der Waals surface area (Å²) in [7, 11) is 0. The number of nitrogens with one attached hydrogen (secondary N) is 1. The van der Waals surface area contributed by atoms with Gasteiger partial charge >= 0.3 is 0 Å². The number of unbranched alkanes of at least 4 members (excludes halogenated alkanes) is 1. The van der Waals surface area contributed by atoms with E-state index in [1.54, 1.807) is 30.3 Å². The van der Waals surface area contributed by atoms with E-state index in [9.17, 15) is 20.2 Å². The molecule has 0 bridgehead atoms. The van der Waals surface area contributed by atoms with Gasteiger partial charge < -0.3 is 5.32 Å². The number of hydrogen-bond donors (Lipinski definition) is 1. The second-order valence-corrected chi connectivity index (χ2v) is 6.37. The number of carbonyl (C=O) groups excluding carboxylic acids is 1. The maximum absolute atomic E-state index is 12.0. The van der Waals surface area contributed by atoms with Gasteiger partial charge in [0.1, 0.15) is 11.6 Å². The molecule has 0 aliphatic heterocycles. The first-order chi connectivity index (χ1) is 12.1. The van der Waals surface area contributed by atoms with Crippen molar-refractivity contribution in [3.63, 3.8) is 0 Å². The minimum Gasteiger partial charge on any atom is -0.351 e. The summed E-state index contributed by atoms with van der Waals surface area (Å²) in [5, 5.41) is 23.0. The van der Waals surface area contributed by atoms with Crippen molar-refractivity contribution in [1.82, 2.24) is 5.32 Å². The highest BCUT2D eigenvalue weighted by atomic mass is 32.1. The van der Waals surface area contributed by atoms with Gasteiger partial charge in [-0.1, -0.05) is 25.5 Å². The molecule has 0 fully saturated rings. The molecular formula is C18H17N3O3S. The van der Waals surface area contributed by atoms with Gasteiger partial charge in [-0.2, -0.15) is 5.26 Å². The number of amides is 1. The molecule has 0 spiro atoms. The number of nitrogens with zero attached hydrogens (tertiary/aromatic N) is 2. The van der Waals surface area contributed by atoms with Crippen LogP contribution in [0.5, 0.6) is 0 Å². The Morgan fingerprint density at radius 3 is 2.80 bits per heavy atom. The lowest BCUT2D eigenvalue weighted by Gasteiger charge is -2.02. The van der Waals surface area contributed by atoms with Crippen molar-refractivity contribution in [2.75, 3.05) is 6.54 Å². The van der Waals surface area contributed by atoms with Crippen LogP contribution in [0, 0.1) is 21.4 Å². The van der Waals surface area contributed by atoms with E-state index >= 15 is 0 Å². The number of carbonyl (C=O) groups is 1. The van der Waals surface area contributed by atoms with Crippen LogP contribution in [-0.4, -0.2) is 17.4 Å². The fourth-order valence-electron chi connectivity index (χ4n) is 2.18. The first-order valence-electron chi connectivity index (χ1n) is 7.80. The Hall–Kier alpha value is -2.98. The molecule has 0 aliphatic rings. The lowest BCUT2D eigenvalue weighted by atomic mass is 10.1. The minimum absolute atomic E-state index is 0.0204. The van der Waals surface area contributed by atoms with E-state index in [1.807, 2.05) is 13.0 Å². The molecule has 0 saturated carbocycles. The molecule has 1 aromatic heterocycles. The first-order valence-corrected chi connectivity index (χ1v) is 8.62. The Kier molecular flexibility index (Phi) is 6.43. The van der Waals surface area contributed by atoms with Crippen molar-refractivity contribution in [2.45, 2.75) is 19.8 Å². The van der Waals surface area contributed by atoms with Crippen LogP contribution in [0.1, 0.15) is 24.6 Å². The second kappa shape index (κ2) is 8.76. The predicted octanol–water partition coefficient (Wildman–Crippen LogP) is 4.15. The van der Waals surface area contributed by atoms with Gasteiger partial charge in [0.15, 0.2) is 0 Å². The largest absolute Gasteiger partial charge is 0.351 e. The fraction of sp³-hybridized carbons (Fsp3) is 0.222. The van der Waals surface area contributed by atoms with E-state index in [-0.39, 0.29) is 11.3 Å². The number of benzene rings is 1. The SMILES string of the molecule is CCCCNC(=O)/C(C#N)=C/c1ccc(-c2ccccc2[N+](=O)[O-])s1. The van der Waals surface area contributed by atoms with E-state index in [0.29, 0.717) is 21.9 Å². The Bertz CT molecular complexity index is 849. The van der Waals surface area contributed by atoms with Gasteiger partial charge in [-0.05, 0) is 30.7 Å². The van der Waals surface area contributed by atoms with Crippen LogP contribution in [0.15, 0.2) is 42.0 Å². The zero-order valence-corrected chi connectivity index (χ0v) is 14.5. The zero-order chi connectivity index (χ0) is 18.2. The van der Waals surface area contributed by atoms with Crippen LogP contribution in [0.4, 0.5) is 5.69 Å². The standard InChI is InChI=1S/C18H17N3O3S/c1-2-3-10-20-18(22)13(12-19)11-14-8-9-17(25-14)15-6-4-5-7-16(15)21(23)24/h4-9,11H,2-3,10H2,1H3,(H,20,22)/b13-11+. The lowest BCUT2D eigenvalue weighted by molar-refractivity contribution is -0.384. The topological polar surface area (TPSA) is 96.0 Å². The van der Waals surface area contributed by atoms with Crippen molar-refractivity contribution < 1.29 is 9.72 Å². The molecule has 25 heavy (non-hydrogen) atoms. The molecule has 1 heterocycles.